The summed E-state index contributed by atoms with van der Waals surface area (Å²) in [5.41, 5.74) is 6.17. The molecule has 0 heterocycles. The highest BCUT2D eigenvalue weighted by Gasteiger charge is 2.39. The Kier molecular flexibility index (Phi) is 3.59. The largest absolute Gasteiger partial charge is 0.392 e. The molecule has 3 unspecified atom stereocenters. The van der Waals surface area contributed by atoms with E-state index in [-0.39, 0.29) is 12.1 Å². The molecule has 0 aromatic heterocycles. The Morgan fingerprint density at radius 2 is 1.93 bits per heavy atom. The Labute approximate surface area is 87.9 Å². The molecule has 14 heavy (non-hydrogen) atoms. The van der Waals surface area contributed by atoms with Gasteiger partial charge in [0.05, 0.1) is 6.10 Å². The molecule has 0 bridgehead atoms. The van der Waals surface area contributed by atoms with Crippen molar-refractivity contribution < 1.29 is 5.11 Å². The zero-order valence-corrected chi connectivity index (χ0v) is 9.96. The number of rotatable bonds is 3. The Morgan fingerprint density at radius 1 is 1.36 bits per heavy atom. The van der Waals surface area contributed by atoms with Crippen LogP contribution in [-0.2, 0) is 0 Å². The summed E-state index contributed by atoms with van der Waals surface area (Å²) in [5, 5.41) is 9.64. The second-order valence-corrected chi connectivity index (χ2v) is 5.99. The molecule has 3 atom stereocenters. The van der Waals surface area contributed by atoms with Gasteiger partial charge in [0.2, 0.25) is 0 Å². The van der Waals surface area contributed by atoms with Crippen LogP contribution in [0.15, 0.2) is 0 Å². The summed E-state index contributed by atoms with van der Waals surface area (Å²) in [6, 6.07) is 0.00596. The first kappa shape index (κ1) is 12.0. The van der Waals surface area contributed by atoms with Crippen molar-refractivity contribution in [3.63, 3.8) is 0 Å². The molecule has 0 saturated heterocycles. The molecule has 0 aromatic rings. The zero-order valence-electron chi connectivity index (χ0n) is 9.96. The summed E-state index contributed by atoms with van der Waals surface area (Å²) in [7, 11) is 0. The first-order valence-electron chi connectivity index (χ1n) is 5.76. The molecular formula is C12H25NO. The van der Waals surface area contributed by atoms with Crippen LogP contribution in [0.1, 0.15) is 47.0 Å². The van der Waals surface area contributed by atoms with Crippen LogP contribution in [0.4, 0.5) is 0 Å². The van der Waals surface area contributed by atoms with Crippen molar-refractivity contribution in [2.75, 3.05) is 0 Å². The number of hydrogen-bond acceptors (Lipinski definition) is 2. The SMILES string of the molecule is CC(C)CC(C)(C)C1CC(N)C(O)C1. The van der Waals surface area contributed by atoms with Gasteiger partial charge in [0.1, 0.15) is 0 Å². The number of hydrogen-bond donors (Lipinski definition) is 2. The molecule has 1 fully saturated rings. The molecule has 0 radical (unpaired) electrons. The van der Waals surface area contributed by atoms with Crippen LogP contribution in [0.5, 0.6) is 0 Å². The molecule has 2 heteroatoms. The van der Waals surface area contributed by atoms with E-state index in [1.54, 1.807) is 0 Å². The molecule has 1 aliphatic rings. The Morgan fingerprint density at radius 3 is 2.29 bits per heavy atom. The fourth-order valence-electron chi connectivity index (χ4n) is 2.91. The van der Waals surface area contributed by atoms with Crippen molar-refractivity contribution in [3.05, 3.63) is 0 Å². The lowest BCUT2D eigenvalue weighted by molar-refractivity contribution is 0.131. The topological polar surface area (TPSA) is 46.2 Å². The zero-order chi connectivity index (χ0) is 10.9. The first-order chi connectivity index (χ1) is 6.33. The van der Waals surface area contributed by atoms with Gasteiger partial charge in [-0.15, -0.1) is 0 Å². The maximum absolute atomic E-state index is 9.64. The average molecular weight is 199 g/mol. The van der Waals surface area contributed by atoms with Crippen molar-refractivity contribution in [1.82, 2.24) is 0 Å². The normalized spacial score (nSPS) is 34.1. The minimum absolute atomic E-state index is 0.00596. The fourth-order valence-corrected chi connectivity index (χ4v) is 2.91. The highest BCUT2D eigenvalue weighted by molar-refractivity contribution is 4.92. The van der Waals surface area contributed by atoms with Crippen LogP contribution < -0.4 is 5.73 Å². The molecule has 2 nitrogen and oxygen atoms in total. The molecular weight excluding hydrogens is 174 g/mol. The van der Waals surface area contributed by atoms with E-state index in [1.807, 2.05) is 0 Å². The minimum Gasteiger partial charge on any atom is -0.392 e. The van der Waals surface area contributed by atoms with Crippen molar-refractivity contribution in [2.45, 2.75) is 59.1 Å². The highest BCUT2D eigenvalue weighted by Crippen LogP contribution is 2.43. The lowest BCUT2D eigenvalue weighted by Crippen LogP contribution is -2.28. The molecule has 1 saturated carbocycles. The summed E-state index contributed by atoms with van der Waals surface area (Å²) < 4.78 is 0. The highest BCUT2D eigenvalue weighted by atomic mass is 16.3. The van der Waals surface area contributed by atoms with Crippen LogP contribution in [0.2, 0.25) is 0 Å². The van der Waals surface area contributed by atoms with Crippen LogP contribution in [0, 0.1) is 17.3 Å². The lowest BCUT2D eigenvalue weighted by atomic mass is 9.72. The molecule has 0 aromatic carbocycles. The van der Waals surface area contributed by atoms with Crippen molar-refractivity contribution in [1.29, 1.82) is 0 Å². The summed E-state index contributed by atoms with van der Waals surface area (Å²) in [6.45, 7) is 9.13. The maximum atomic E-state index is 9.64. The van der Waals surface area contributed by atoms with E-state index in [1.165, 1.54) is 6.42 Å². The van der Waals surface area contributed by atoms with E-state index in [2.05, 4.69) is 27.7 Å². The van der Waals surface area contributed by atoms with Gasteiger partial charge in [-0.2, -0.15) is 0 Å². The number of aliphatic hydroxyl groups excluding tert-OH is 1. The summed E-state index contributed by atoms with van der Waals surface area (Å²) in [5.74, 6) is 1.31. The summed E-state index contributed by atoms with van der Waals surface area (Å²) >= 11 is 0. The second kappa shape index (κ2) is 4.19. The quantitative estimate of drug-likeness (QED) is 0.731. The molecule has 3 N–H and O–H groups in total. The van der Waals surface area contributed by atoms with Gasteiger partial charge in [0.15, 0.2) is 0 Å². The molecule has 1 aliphatic carbocycles. The van der Waals surface area contributed by atoms with E-state index in [4.69, 9.17) is 5.73 Å². The van der Waals surface area contributed by atoms with Gasteiger partial charge in [-0.3, -0.25) is 0 Å². The van der Waals surface area contributed by atoms with Gasteiger partial charge < -0.3 is 10.8 Å². The first-order valence-corrected chi connectivity index (χ1v) is 5.76. The van der Waals surface area contributed by atoms with E-state index in [9.17, 15) is 5.11 Å². The number of nitrogens with two attached hydrogens (primary N) is 1. The van der Waals surface area contributed by atoms with E-state index in [0.717, 1.165) is 18.8 Å². The third-order valence-corrected chi connectivity index (χ3v) is 3.62. The standard InChI is InChI=1S/C12H25NO/c1-8(2)7-12(3,4)9-5-10(13)11(14)6-9/h8-11,14H,5-7,13H2,1-4H3. The van der Waals surface area contributed by atoms with Gasteiger partial charge in [-0.1, -0.05) is 27.7 Å². The van der Waals surface area contributed by atoms with Crippen molar-refractivity contribution in [3.8, 4) is 0 Å². The summed E-state index contributed by atoms with van der Waals surface area (Å²) in [4.78, 5) is 0. The van der Waals surface area contributed by atoms with Crippen LogP contribution >= 0.6 is 0 Å². The van der Waals surface area contributed by atoms with Crippen LogP contribution in [0.25, 0.3) is 0 Å². The average Bonchev–Trinajstić information content (AvgIpc) is 2.30. The van der Waals surface area contributed by atoms with Gasteiger partial charge in [-0.25, -0.2) is 0 Å². The predicted octanol–water partition coefficient (Wildman–Crippen LogP) is 2.16. The number of aliphatic hydroxyl groups is 1. The lowest BCUT2D eigenvalue weighted by Gasteiger charge is -2.33. The van der Waals surface area contributed by atoms with Crippen LogP contribution in [-0.4, -0.2) is 17.3 Å². The molecule has 84 valence electrons. The monoisotopic (exact) mass is 199 g/mol. The minimum atomic E-state index is -0.272. The van der Waals surface area contributed by atoms with Gasteiger partial charge >= 0.3 is 0 Å². The van der Waals surface area contributed by atoms with E-state index < -0.39 is 0 Å². The van der Waals surface area contributed by atoms with Crippen molar-refractivity contribution in [2.24, 2.45) is 23.0 Å². The molecule has 1 rings (SSSR count). The Bertz CT molecular complexity index is 179. The van der Waals surface area contributed by atoms with Crippen LogP contribution in [0.3, 0.4) is 0 Å². The van der Waals surface area contributed by atoms with E-state index in [0.29, 0.717) is 11.3 Å². The van der Waals surface area contributed by atoms with Crippen molar-refractivity contribution >= 4 is 0 Å². The van der Waals surface area contributed by atoms with Gasteiger partial charge in [0.25, 0.3) is 0 Å². The Balaban J connectivity index is 2.56. The summed E-state index contributed by atoms with van der Waals surface area (Å²) in [6.07, 6.45) is 2.82. The van der Waals surface area contributed by atoms with Gasteiger partial charge in [-0.05, 0) is 36.5 Å². The maximum Gasteiger partial charge on any atom is 0.0694 e. The smallest absolute Gasteiger partial charge is 0.0694 e. The van der Waals surface area contributed by atoms with E-state index >= 15 is 0 Å². The predicted molar refractivity (Wildman–Crippen MR) is 59.9 cm³/mol. The molecule has 0 spiro atoms. The molecule has 0 aliphatic heterocycles. The molecule has 0 amide bonds. The fraction of sp³-hybridized carbons (Fsp3) is 1.00. The second-order valence-electron chi connectivity index (χ2n) is 5.99. The third-order valence-electron chi connectivity index (χ3n) is 3.62. The third kappa shape index (κ3) is 2.71. The Hall–Kier alpha value is -0.0800. The van der Waals surface area contributed by atoms with Gasteiger partial charge in [0, 0.05) is 6.04 Å².